The summed E-state index contributed by atoms with van der Waals surface area (Å²) in [7, 11) is 1.86. The number of carbonyl (C=O) groups excluding carboxylic acids is 1. The highest BCUT2D eigenvalue weighted by molar-refractivity contribution is 5.79. The number of hydrogen-bond donors (Lipinski definition) is 2. The molecule has 0 fully saturated rings. The van der Waals surface area contributed by atoms with Gasteiger partial charge < -0.3 is 15.2 Å². The zero-order valence-corrected chi connectivity index (χ0v) is 15.5. The molecule has 2 aromatic rings. The van der Waals surface area contributed by atoms with Gasteiger partial charge in [-0.25, -0.2) is 0 Å². The Balaban J connectivity index is 1.93. The highest BCUT2D eigenvalue weighted by atomic mass is 16.5. The molecule has 1 aromatic carbocycles. The van der Waals surface area contributed by atoms with Crippen LogP contribution in [0.2, 0.25) is 0 Å². The first kappa shape index (κ1) is 19.0. The fourth-order valence-corrected chi connectivity index (χ4v) is 2.69. The van der Waals surface area contributed by atoms with E-state index in [4.69, 9.17) is 4.74 Å². The van der Waals surface area contributed by atoms with Gasteiger partial charge in [0.1, 0.15) is 5.75 Å². The van der Waals surface area contributed by atoms with E-state index in [9.17, 15) is 9.90 Å². The van der Waals surface area contributed by atoms with Crippen molar-refractivity contribution in [3.63, 3.8) is 0 Å². The molecular formula is C19H27N3O3. The van der Waals surface area contributed by atoms with Gasteiger partial charge in [-0.2, -0.15) is 5.10 Å². The number of aryl methyl sites for hydroxylation is 2. The zero-order valence-electron chi connectivity index (χ0n) is 15.5. The zero-order chi connectivity index (χ0) is 18.6. The molecule has 1 unspecified atom stereocenters. The SMILES string of the molecule is Cc1nn(C)c(C)c1CC(=O)NCC(O)c1cccc(OC(C)C)c1. The third-order valence-corrected chi connectivity index (χ3v) is 4.10. The number of nitrogens with zero attached hydrogens (tertiary/aromatic N) is 2. The Morgan fingerprint density at radius 2 is 2.08 bits per heavy atom. The summed E-state index contributed by atoms with van der Waals surface area (Å²) in [5.74, 6) is 0.576. The second kappa shape index (κ2) is 8.16. The maximum absolute atomic E-state index is 12.2. The molecule has 0 bridgehead atoms. The number of rotatable bonds is 7. The van der Waals surface area contributed by atoms with Crippen LogP contribution in [0.1, 0.15) is 42.5 Å². The maximum atomic E-state index is 12.2. The predicted octanol–water partition coefficient (Wildman–Crippen LogP) is 2.22. The lowest BCUT2D eigenvalue weighted by molar-refractivity contribution is -0.120. The molecule has 25 heavy (non-hydrogen) atoms. The topological polar surface area (TPSA) is 76.4 Å². The summed E-state index contributed by atoms with van der Waals surface area (Å²) >= 11 is 0. The van der Waals surface area contributed by atoms with Gasteiger partial charge in [-0.1, -0.05) is 12.1 Å². The molecule has 136 valence electrons. The van der Waals surface area contributed by atoms with Crippen molar-refractivity contribution < 1.29 is 14.6 Å². The van der Waals surface area contributed by atoms with Crippen LogP contribution in [0.5, 0.6) is 5.75 Å². The monoisotopic (exact) mass is 345 g/mol. The van der Waals surface area contributed by atoms with E-state index in [0.29, 0.717) is 11.3 Å². The van der Waals surface area contributed by atoms with E-state index < -0.39 is 6.10 Å². The van der Waals surface area contributed by atoms with Crippen LogP contribution < -0.4 is 10.1 Å². The van der Waals surface area contributed by atoms with E-state index in [1.807, 2.05) is 52.9 Å². The number of ether oxygens (including phenoxy) is 1. The smallest absolute Gasteiger partial charge is 0.224 e. The molecule has 6 heteroatoms. The minimum absolute atomic E-state index is 0.0676. The number of hydrogen-bond acceptors (Lipinski definition) is 4. The largest absolute Gasteiger partial charge is 0.491 e. The first-order chi connectivity index (χ1) is 11.8. The second-order valence-corrected chi connectivity index (χ2v) is 6.51. The average Bonchev–Trinajstić information content (AvgIpc) is 2.78. The normalized spacial score (nSPS) is 12.3. The van der Waals surface area contributed by atoms with E-state index in [2.05, 4.69) is 10.4 Å². The number of aromatic nitrogens is 2. The minimum atomic E-state index is -0.782. The van der Waals surface area contributed by atoms with Gasteiger partial charge in [-0.3, -0.25) is 9.48 Å². The number of benzene rings is 1. The fourth-order valence-electron chi connectivity index (χ4n) is 2.69. The predicted molar refractivity (Wildman–Crippen MR) is 96.6 cm³/mol. The van der Waals surface area contributed by atoms with Crippen molar-refractivity contribution in [2.75, 3.05) is 6.54 Å². The van der Waals surface area contributed by atoms with Crippen LogP contribution in [0.3, 0.4) is 0 Å². The Labute approximate surface area is 148 Å². The van der Waals surface area contributed by atoms with Crippen molar-refractivity contribution in [3.05, 3.63) is 46.8 Å². The first-order valence-corrected chi connectivity index (χ1v) is 8.48. The molecule has 0 spiro atoms. The van der Waals surface area contributed by atoms with E-state index in [1.54, 1.807) is 10.7 Å². The molecule has 6 nitrogen and oxygen atoms in total. The number of amides is 1. The standard InChI is InChI=1S/C19H27N3O3/c1-12(2)25-16-8-6-7-15(9-16)18(23)11-20-19(24)10-17-13(3)21-22(5)14(17)4/h6-9,12,18,23H,10-11H2,1-5H3,(H,20,24). The molecular weight excluding hydrogens is 318 g/mol. The molecule has 1 aromatic heterocycles. The Morgan fingerprint density at radius 3 is 2.68 bits per heavy atom. The molecule has 2 rings (SSSR count). The number of carbonyl (C=O) groups is 1. The molecule has 0 saturated carbocycles. The molecule has 0 aliphatic heterocycles. The molecule has 0 saturated heterocycles. The van der Waals surface area contributed by atoms with Crippen molar-refractivity contribution in [1.82, 2.24) is 15.1 Å². The molecule has 0 aliphatic rings. The van der Waals surface area contributed by atoms with Crippen LogP contribution in [-0.4, -0.2) is 33.4 Å². The van der Waals surface area contributed by atoms with Crippen molar-refractivity contribution in [2.24, 2.45) is 7.05 Å². The lowest BCUT2D eigenvalue weighted by atomic mass is 10.1. The summed E-state index contributed by atoms with van der Waals surface area (Å²) in [5.41, 5.74) is 3.48. The third-order valence-electron chi connectivity index (χ3n) is 4.10. The quantitative estimate of drug-likeness (QED) is 0.807. The Hall–Kier alpha value is -2.34. The van der Waals surface area contributed by atoms with Gasteiger partial charge in [0.15, 0.2) is 0 Å². The van der Waals surface area contributed by atoms with Crippen LogP contribution in [0, 0.1) is 13.8 Å². The summed E-state index contributed by atoms with van der Waals surface area (Å²) in [5, 5.41) is 17.4. The summed E-state index contributed by atoms with van der Waals surface area (Å²) in [6.45, 7) is 7.89. The average molecular weight is 345 g/mol. The van der Waals surface area contributed by atoms with Crippen LogP contribution in [0.15, 0.2) is 24.3 Å². The Bertz CT molecular complexity index is 738. The number of aliphatic hydroxyl groups is 1. The lowest BCUT2D eigenvalue weighted by Crippen LogP contribution is -2.30. The van der Waals surface area contributed by atoms with Gasteiger partial charge in [0, 0.05) is 24.8 Å². The van der Waals surface area contributed by atoms with Crippen molar-refractivity contribution in [2.45, 2.75) is 46.3 Å². The summed E-state index contributed by atoms with van der Waals surface area (Å²) < 4.78 is 7.40. The maximum Gasteiger partial charge on any atom is 0.224 e. The van der Waals surface area contributed by atoms with Gasteiger partial charge in [0.25, 0.3) is 0 Å². The van der Waals surface area contributed by atoms with Crippen molar-refractivity contribution >= 4 is 5.91 Å². The van der Waals surface area contributed by atoms with E-state index in [0.717, 1.165) is 17.0 Å². The molecule has 0 aliphatic carbocycles. The third kappa shape index (κ3) is 5.06. The molecule has 1 heterocycles. The number of nitrogens with one attached hydrogen (secondary N) is 1. The van der Waals surface area contributed by atoms with Crippen molar-refractivity contribution in [1.29, 1.82) is 0 Å². The van der Waals surface area contributed by atoms with E-state index >= 15 is 0 Å². The Morgan fingerprint density at radius 1 is 1.36 bits per heavy atom. The minimum Gasteiger partial charge on any atom is -0.491 e. The van der Waals surface area contributed by atoms with Crippen LogP contribution in [-0.2, 0) is 18.3 Å². The Kier molecular flexibility index (Phi) is 6.20. The number of aliphatic hydroxyl groups excluding tert-OH is 1. The molecule has 2 N–H and O–H groups in total. The summed E-state index contributed by atoms with van der Waals surface area (Å²) in [6, 6.07) is 7.30. The highest BCUT2D eigenvalue weighted by Crippen LogP contribution is 2.20. The van der Waals surface area contributed by atoms with Gasteiger partial charge in [-0.15, -0.1) is 0 Å². The van der Waals surface area contributed by atoms with Gasteiger partial charge in [0.05, 0.1) is 24.3 Å². The van der Waals surface area contributed by atoms with Crippen LogP contribution >= 0.6 is 0 Å². The molecule has 1 atom stereocenters. The first-order valence-electron chi connectivity index (χ1n) is 8.48. The van der Waals surface area contributed by atoms with E-state index in [-0.39, 0.29) is 25.0 Å². The van der Waals surface area contributed by atoms with Crippen molar-refractivity contribution in [3.8, 4) is 5.75 Å². The van der Waals surface area contributed by atoms with Gasteiger partial charge in [-0.05, 0) is 45.4 Å². The lowest BCUT2D eigenvalue weighted by Gasteiger charge is -2.15. The van der Waals surface area contributed by atoms with Crippen LogP contribution in [0.25, 0.3) is 0 Å². The molecule has 1 amide bonds. The second-order valence-electron chi connectivity index (χ2n) is 6.51. The van der Waals surface area contributed by atoms with Crippen LogP contribution in [0.4, 0.5) is 0 Å². The van der Waals surface area contributed by atoms with E-state index in [1.165, 1.54) is 0 Å². The molecule has 0 radical (unpaired) electrons. The summed E-state index contributed by atoms with van der Waals surface area (Å²) in [6.07, 6.45) is -0.455. The fraction of sp³-hybridized carbons (Fsp3) is 0.474. The van der Waals surface area contributed by atoms with Gasteiger partial charge in [0.2, 0.25) is 5.91 Å². The highest BCUT2D eigenvalue weighted by Gasteiger charge is 2.15. The summed E-state index contributed by atoms with van der Waals surface area (Å²) in [4.78, 5) is 12.2. The van der Waals surface area contributed by atoms with Gasteiger partial charge >= 0.3 is 0 Å².